The molecular formula is C30H28N2O3S. The Bertz CT molecular complexity index is 1580. The first-order chi connectivity index (χ1) is 17.5. The highest BCUT2D eigenvalue weighted by Gasteiger charge is 2.40. The van der Waals surface area contributed by atoms with E-state index in [1.54, 1.807) is 12.1 Å². The van der Waals surface area contributed by atoms with Crippen molar-refractivity contribution in [2.45, 2.75) is 30.2 Å². The van der Waals surface area contributed by atoms with E-state index in [1.165, 1.54) is 4.31 Å². The molecule has 36 heavy (non-hydrogen) atoms. The molecule has 2 aliphatic rings. The van der Waals surface area contributed by atoms with Gasteiger partial charge in [-0.1, -0.05) is 60.7 Å². The summed E-state index contributed by atoms with van der Waals surface area (Å²) in [6, 6.07) is 26.3. The fraction of sp³-hybridized carbons (Fsp3) is 0.200. The Morgan fingerprint density at radius 1 is 0.972 bits per heavy atom. The third-order valence-electron chi connectivity index (χ3n) is 7.51. The van der Waals surface area contributed by atoms with Crippen LogP contribution < -0.4 is 9.62 Å². The lowest BCUT2D eigenvalue weighted by Crippen LogP contribution is -2.32. The Kier molecular flexibility index (Phi) is 5.49. The zero-order valence-electron chi connectivity index (χ0n) is 20.0. The predicted octanol–water partition coefficient (Wildman–Crippen LogP) is 6.59. The summed E-state index contributed by atoms with van der Waals surface area (Å²) in [4.78, 5) is 0.291. The maximum absolute atomic E-state index is 13.7. The van der Waals surface area contributed by atoms with E-state index in [0.717, 1.165) is 34.0 Å². The molecule has 0 aromatic heterocycles. The van der Waals surface area contributed by atoms with Gasteiger partial charge in [0.25, 0.3) is 10.0 Å². The molecule has 1 aliphatic carbocycles. The highest BCUT2D eigenvalue weighted by atomic mass is 32.2. The van der Waals surface area contributed by atoms with E-state index >= 15 is 0 Å². The van der Waals surface area contributed by atoms with Crippen LogP contribution >= 0.6 is 0 Å². The maximum atomic E-state index is 13.7. The largest absolute Gasteiger partial charge is 0.508 e. The van der Waals surface area contributed by atoms with E-state index in [9.17, 15) is 13.5 Å². The van der Waals surface area contributed by atoms with E-state index in [2.05, 4.69) is 29.6 Å². The first kappa shape index (κ1) is 22.7. The number of allylic oxidation sites excluding steroid dienone is 2. The van der Waals surface area contributed by atoms with Crippen LogP contribution in [0.3, 0.4) is 0 Å². The lowest BCUT2D eigenvalue weighted by molar-refractivity contribution is 0.404. The second kappa shape index (κ2) is 8.71. The molecule has 0 saturated heterocycles. The van der Waals surface area contributed by atoms with Crippen LogP contribution in [0.4, 0.5) is 11.4 Å². The molecule has 2 N–H and O–H groups in total. The monoisotopic (exact) mass is 496 g/mol. The quantitative estimate of drug-likeness (QED) is 0.306. The SMILES string of the molecule is CCN(c1ccccc1)S(=O)(=O)c1ccc2c(c1)C1C=CCC1C(c1c(O)ccc3ccccc13)N2. The zero-order valence-corrected chi connectivity index (χ0v) is 20.8. The molecule has 0 amide bonds. The van der Waals surface area contributed by atoms with E-state index in [1.807, 2.05) is 67.6 Å². The average Bonchev–Trinajstić information content (AvgIpc) is 3.40. The van der Waals surface area contributed by atoms with Crippen LogP contribution in [-0.4, -0.2) is 20.1 Å². The number of benzene rings is 4. The lowest BCUT2D eigenvalue weighted by Gasteiger charge is -2.38. The van der Waals surface area contributed by atoms with Crippen LogP contribution in [-0.2, 0) is 10.0 Å². The van der Waals surface area contributed by atoms with Crippen LogP contribution in [0.15, 0.2) is 102 Å². The summed E-state index contributed by atoms with van der Waals surface area (Å²) in [6.07, 6.45) is 5.21. The highest BCUT2D eigenvalue weighted by molar-refractivity contribution is 7.92. The van der Waals surface area contributed by atoms with Gasteiger partial charge in [-0.2, -0.15) is 0 Å². The Morgan fingerprint density at radius 2 is 1.75 bits per heavy atom. The van der Waals surface area contributed by atoms with Crippen LogP contribution in [0.5, 0.6) is 5.75 Å². The third kappa shape index (κ3) is 3.56. The van der Waals surface area contributed by atoms with Crippen LogP contribution in [0.25, 0.3) is 10.8 Å². The molecule has 1 aliphatic heterocycles. The summed E-state index contributed by atoms with van der Waals surface area (Å²) in [5.41, 5.74) is 3.44. The zero-order chi connectivity index (χ0) is 24.9. The van der Waals surface area contributed by atoms with Crippen molar-refractivity contribution in [1.29, 1.82) is 0 Å². The molecular weight excluding hydrogens is 468 g/mol. The molecule has 0 radical (unpaired) electrons. The van der Waals surface area contributed by atoms with Gasteiger partial charge in [0.05, 0.1) is 16.6 Å². The molecule has 3 unspecified atom stereocenters. The average molecular weight is 497 g/mol. The van der Waals surface area contributed by atoms with Crippen LogP contribution in [0.1, 0.15) is 36.4 Å². The number of para-hydroxylation sites is 1. The van der Waals surface area contributed by atoms with Crippen molar-refractivity contribution in [2.24, 2.45) is 5.92 Å². The van der Waals surface area contributed by atoms with Gasteiger partial charge in [-0.25, -0.2) is 8.42 Å². The molecule has 4 aromatic carbocycles. The number of aromatic hydroxyl groups is 1. The summed E-state index contributed by atoms with van der Waals surface area (Å²) in [6.45, 7) is 2.19. The molecule has 182 valence electrons. The number of hydrogen-bond donors (Lipinski definition) is 2. The summed E-state index contributed by atoms with van der Waals surface area (Å²) in [5, 5.41) is 16.7. The van der Waals surface area contributed by atoms with Gasteiger partial charge in [0.15, 0.2) is 0 Å². The van der Waals surface area contributed by atoms with Gasteiger partial charge in [-0.3, -0.25) is 4.31 Å². The van der Waals surface area contributed by atoms with Gasteiger partial charge in [0.2, 0.25) is 0 Å². The van der Waals surface area contributed by atoms with Gasteiger partial charge in [0, 0.05) is 23.7 Å². The van der Waals surface area contributed by atoms with Gasteiger partial charge in [-0.05, 0) is 72.0 Å². The van der Waals surface area contributed by atoms with Crippen molar-refractivity contribution in [3.8, 4) is 5.75 Å². The highest BCUT2D eigenvalue weighted by Crippen LogP contribution is 2.52. The predicted molar refractivity (Wildman–Crippen MR) is 145 cm³/mol. The van der Waals surface area contributed by atoms with E-state index < -0.39 is 10.0 Å². The fourth-order valence-electron chi connectivity index (χ4n) is 5.84. The van der Waals surface area contributed by atoms with Gasteiger partial charge in [-0.15, -0.1) is 0 Å². The normalized spacial score (nSPS) is 20.5. The number of phenolic OH excluding ortho intramolecular Hbond substituents is 1. The third-order valence-corrected chi connectivity index (χ3v) is 9.41. The Morgan fingerprint density at radius 3 is 2.56 bits per heavy atom. The van der Waals surface area contributed by atoms with Gasteiger partial charge < -0.3 is 10.4 Å². The fourth-order valence-corrected chi connectivity index (χ4v) is 7.35. The molecule has 0 fully saturated rings. The minimum absolute atomic E-state index is 0.0616. The molecule has 3 atom stereocenters. The van der Waals surface area contributed by atoms with Crippen molar-refractivity contribution in [2.75, 3.05) is 16.2 Å². The Balaban J connectivity index is 1.43. The van der Waals surface area contributed by atoms with Crippen LogP contribution in [0.2, 0.25) is 0 Å². The Hall–Kier alpha value is -3.77. The molecule has 6 heteroatoms. The number of rotatable bonds is 5. The molecule has 0 saturated carbocycles. The second-order valence-electron chi connectivity index (χ2n) is 9.45. The minimum atomic E-state index is -3.73. The molecule has 1 heterocycles. The minimum Gasteiger partial charge on any atom is -0.508 e. The van der Waals surface area contributed by atoms with Gasteiger partial charge >= 0.3 is 0 Å². The maximum Gasteiger partial charge on any atom is 0.264 e. The number of nitrogens with zero attached hydrogens (tertiary/aromatic N) is 1. The molecule has 0 spiro atoms. The lowest BCUT2D eigenvalue weighted by atomic mass is 9.76. The number of nitrogens with one attached hydrogen (secondary N) is 1. The van der Waals surface area contributed by atoms with Crippen molar-refractivity contribution in [3.05, 3.63) is 108 Å². The second-order valence-corrected chi connectivity index (χ2v) is 11.3. The molecule has 5 nitrogen and oxygen atoms in total. The number of fused-ring (bicyclic) bond motifs is 4. The van der Waals surface area contributed by atoms with E-state index in [4.69, 9.17) is 0 Å². The standard InChI is InChI=1S/C30H28N2O3S/c1-2-32(21-10-4-3-5-11-21)36(34,35)22-16-17-27-26(19-22)24-13-8-14-25(24)30(31-27)29-23-12-7-6-9-20(23)15-18-28(29)33/h3-13,15-19,24-25,30-31,33H,2,14H2,1H3. The number of hydrogen-bond acceptors (Lipinski definition) is 4. The number of anilines is 2. The smallest absolute Gasteiger partial charge is 0.264 e. The molecule has 0 bridgehead atoms. The summed E-state index contributed by atoms with van der Waals surface area (Å²) >= 11 is 0. The van der Waals surface area contributed by atoms with E-state index in [-0.39, 0.29) is 23.6 Å². The van der Waals surface area contributed by atoms with Gasteiger partial charge in [0.1, 0.15) is 5.75 Å². The summed E-state index contributed by atoms with van der Waals surface area (Å²) in [5.74, 6) is 0.510. The molecule has 6 rings (SSSR count). The van der Waals surface area contributed by atoms with Crippen molar-refractivity contribution >= 4 is 32.2 Å². The Labute approximate surface area is 211 Å². The van der Waals surface area contributed by atoms with Crippen molar-refractivity contribution in [1.82, 2.24) is 0 Å². The number of sulfonamides is 1. The van der Waals surface area contributed by atoms with Crippen molar-refractivity contribution < 1.29 is 13.5 Å². The first-order valence-corrected chi connectivity index (χ1v) is 13.8. The van der Waals surface area contributed by atoms with E-state index in [0.29, 0.717) is 17.1 Å². The number of phenols is 1. The van der Waals surface area contributed by atoms with Crippen LogP contribution in [0, 0.1) is 5.92 Å². The summed E-state index contributed by atoms with van der Waals surface area (Å²) < 4.78 is 28.8. The van der Waals surface area contributed by atoms with Crippen molar-refractivity contribution in [3.63, 3.8) is 0 Å². The topological polar surface area (TPSA) is 69.6 Å². The first-order valence-electron chi connectivity index (χ1n) is 12.3. The summed E-state index contributed by atoms with van der Waals surface area (Å²) in [7, 11) is -3.73. The molecule has 4 aromatic rings.